The van der Waals surface area contributed by atoms with Gasteiger partial charge < -0.3 is 0 Å². The quantitative estimate of drug-likeness (QED) is 0.275. The number of sulfonamides is 1. The Kier molecular flexibility index (Phi) is 5.65. The molecule has 0 N–H and O–H groups in total. The highest BCUT2D eigenvalue weighted by Gasteiger charge is 2.42. The van der Waals surface area contributed by atoms with Gasteiger partial charge in [-0.3, -0.25) is 4.79 Å². The molecule has 1 aliphatic rings. The number of hydrogen-bond acceptors (Lipinski definition) is 3. The van der Waals surface area contributed by atoms with Gasteiger partial charge in [-0.1, -0.05) is 103 Å². The predicted octanol–water partition coefficient (Wildman–Crippen LogP) is 6.68. The monoisotopic (exact) mass is 503 g/mol. The maximum atomic E-state index is 14.2. The van der Waals surface area contributed by atoms with E-state index in [9.17, 15) is 13.2 Å². The van der Waals surface area contributed by atoms with E-state index in [1.807, 2.05) is 91.9 Å². The fourth-order valence-corrected chi connectivity index (χ4v) is 6.65. The molecule has 0 aromatic heterocycles. The summed E-state index contributed by atoms with van der Waals surface area (Å²) in [7, 11) is -4.08. The molecular weight excluding hydrogens is 478 g/mol. The van der Waals surface area contributed by atoms with Crippen LogP contribution in [0.5, 0.6) is 0 Å². The van der Waals surface area contributed by atoms with Crippen LogP contribution in [0, 0.1) is 6.92 Å². The van der Waals surface area contributed by atoms with Gasteiger partial charge >= 0.3 is 0 Å². The summed E-state index contributed by atoms with van der Waals surface area (Å²) in [5.41, 5.74) is 5.38. The van der Waals surface area contributed by atoms with Crippen LogP contribution in [-0.4, -0.2) is 18.6 Å². The van der Waals surface area contributed by atoms with Crippen molar-refractivity contribution in [1.29, 1.82) is 0 Å². The molecule has 1 atom stereocenters. The highest BCUT2D eigenvalue weighted by Crippen LogP contribution is 2.45. The van der Waals surface area contributed by atoms with Gasteiger partial charge in [0.25, 0.3) is 10.0 Å². The fraction of sp³-hybridized carbons (Fsp3) is 0.0938. The largest absolute Gasteiger partial charge is 0.273 e. The summed E-state index contributed by atoms with van der Waals surface area (Å²) < 4.78 is 28.9. The highest BCUT2D eigenvalue weighted by molar-refractivity contribution is 7.89. The molecule has 1 unspecified atom stereocenters. The summed E-state index contributed by atoms with van der Waals surface area (Å²) in [5.74, 6) is -1.19. The number of hydrogen-bond donors (Lipinski definition) is 0. The molecule has 0 saturated carbocycles. The summed E-state index contributed by atoms with van der Waals surface area (Å²) in [5, 5.41) is 1.98. The van der Waals surface area contributed by atoms with Crippen LogP contribution in [0.15, 0.2) is 120 Å². The van der Waals surface area contributed by atoms with Crippen LogP contribution in [0.3, 0.4) is 0 Å². The molecule has 0 aliphatic carbocycles. The van der Waals surface area contributed by atoms with Crippen molar-refractivity contribution in [3.8, 4) is 11.1 Å². The molecule has 0 spiro atoms. The first-order chi connectivity index (χ1) is 17.9. The molecule has 0 radical (unpaired) electrons. The third kappa shape index (κ3) is 3.92. The Labute approximate surface area is 216 Å². The van der Waals surface area contributed by atoms with Crippen molar-refractivity contribution in [1.82, 2.24) is 4.31 Å². The summed E-state index contributed by atoms with van der Waals surface area (Å²) in [6.45, 7) is 1.88. The predicted molar refractivity (Wildman–Crippen MR) is 147 cm³/mol. The van der Waals surface area contributed by atoms with Crippen molar-refractivity contribution >= 4 is 26.7 Å². The van der Waals surface area contributed by atoms with Crippen LogP contribution in [0.2, 0.25) is 0 Å². The van der Waals surface area contributed by atoms with E-state index in [0.717, 1.165) is 48.5 Å². The number of rotatable bonds is 4. The van der Waals surface area contributed by atoms with Crippen molar-refractivity contribution in [3.63, 3.8) is 0 Å². The van der Waals surface area contributed by atoms with Gasteiger partial charge in [0, 0.05) is 0 Å². The Balaban J connectivity index is 1.66. The van der Waals surface area contributed by atoms with Crippen LogP contribution < -0.4 is 0 Å². The maximum Gasteiger partial charge on any atom is 0.266 e. The SMILES string of the molecule is Cc1ccc(S(=O)(=O)N2Cc3c(-c4ccccc4)cc4ccccc4c3C(c3ccccc3)C2=O)cc1. The molecule has 5 aromatic rings. The van der Waals surface area contributed by atoms with E-state index in [0.29, 0.717) is 0 Å². The summed E-state index contributed by atoms with van der Waals surface area (Å²) in [6.07, 6.45) is 0. The first kappa shape index (κ1) is 23.2. The maximum absolute atomic E-state index is 14.2. The van der Waals surface area contributed by atoms with E-state index < -0.39 is 21.8 Å². The Bertz CT molecular complexity index is 1730. The zero-order valence-electron chi connectivity index (χ0n) is 20.3. The van der Waals surface area contributed by atoms with Gasteiger partial charge in [-0.15, -0.1) is 0 Å². The third-order valence-corrected chi connectivity index (χ3v) is 8.87. The lowest BCUT2D eigenvalue weighted by molar-refractivity contribution is -0.128. The van der Waals surface area contributed by atoms with Gasteiger partial charge in [-0.2, -0.15) is 0 Å². The molecule has 182 valence electrons. The fourth-order valence-electron chi connectivity index (χ4n) is 5.28. The van der Waals surface area contributed by atoms with Gasteiger partial charge in [0.15, 0.2) is 0 Å². The molecule has 1 amide bonds. The standard InChI is InChI=1S/C32H25NO3S/c1-22-16-18-26(19-17-22)37(35,36)33-21-29-28(23-10-4-2-5-11-23)20-25-14-8-9-15-27(25)31(29)30(32(33)34)24-12-6-3-7-13-24/h2-20,30H,21H2,1H3. The molecule has 37 heavy (non-hydrogen) atoms. The zero-order valence-corrected chi connectivity index (χ0v) is 21.2. The van der Waals surface area contributed by atoms with Crippen molar-refractivity contribution in [2.45, 2.75) is 24.3 Å². The molecule has 5 aromatic carbocycles. The topological polar surface area (TPSA) is 54.5 Å². The Morgan fingerprint density at radius 2 is 1.38 bits per heavy atom. The van der Waals surface area contributed by atoms with E-state index in [1.54, 1.807) is 24.3 Å². The van der Waals surface area contributed by atoms with Crippen molar-refractivity contribution < 1.29 is 13.2 Å². The van der Waals surface area contributed by atoms with Gasteiger partial charge in [-0.25, -0.2) is 12.7 Å². The molecule has 6 rings (SSSR count). The summed E-state index contributed by atoms with van der Waals surface area (Å²) in [6, 6.07) is 36.2. The van der Waals surface area contributed by atoms with E-state index in [4.69, 9.17) is 0 Å². The normalized spacial score (nSPS) is 15.5. The minimum Gasteiger partial charge on any atom is -0.273 e. The van der Waals surface area contributed by atoms with Gasteiger partial charge in [0.2, 0.25) is 5.91 Å². The zero-order chi connectivity index (χ0) is 25.6. The molecule has 0 fully saturated rings. The molecule has 5 heteroatoms. The van der Waals surface area contributed by atoms with Crippen molar-refractivity contribution in [3.05, 3.63) is 138 Å². The van der Waals surface area contributed by atoms with Crippen LogP contribution in [0.25, 0.3) is 21.9 Å². The summed E-state index contributed by atoms with van der Waals surface area (Å²) in [4.78, 5) is 14.3. The summed E-state index contributed by atoms with van der Waals surface area (Å²) >= 11 is 0. The lowest BCUT2D eigenvalue weighted by Crippen LogP contribution is -2.43. The number of aryl methyl sites for hydroxylation is 1. The minimum atomic E-state index is -4.08. The second-order valence-electron chi connectivity index (χ2n) is 9.41. The number of carbonyl (C=O) groups excluding carboxylic acids is 1. The molecule has 4 nitrogen and oxygen atoms in total. The average molecular weight is 504 g/mol. The van der Waals surface area contributed by atoms with Crippen LogP contribution in [0.4, 0.5) is 0 Å². The molecule has 1 heterocycles. The lowest BCUT2D eigenvalue weighted by atomic mass is 9.79. The van der Waals surface area contributed by atoms with E-state index >= 15 is 0 Å². The number of nitrogens with zero attached hydrogens (tertiary/aromatic N) is 1. The smallest absolute Gasteiger partial charge is 0.266 e. The number of fused-ring (bicyclic) bond motifs is 3. The third-order valence-electron chi connectivity index (χ3n) is 7.11. The lowest BCUT2D eigenvalue weighted by Gasteiger charge is -2.36. The van der Waals surface area contributed by atoms with Crippen LogP contribution in [-0.2, 0) is 21.4 Å². The number of benzene rings is 5. The Morgan fingerprint density at radius 3 is 2.08 bits per heavy atom. The molecule has 0 saturated heterocycles. The molecule has 1 aliphatic heterocycles. The highest BCUT2D eigenvalue weighted by atomic mass is 32.2. The van der Waals surface area contributed by atoms with E-state index in [1.165, 1.54) is 0 Å². The van der Waals surface area contributed by atoms with Crippen LogP contribution >= 0.6 is 0 Å². The minimum absolute atomic E-state index is 0.0250. The first-order valence-corrected chi connectivity index (χ1v) is 13.7. The second-order valence-corrected chi connectivity index (χ2v) is 11.3. The van der Waals surface area contributed by atoms with Gasteiger partial charge in [0.1, 0.15) is 0 Å². The van der Waals surface area contributed by atoms with Gasteiger partial charge in [0.05, 0.1) is 17.4 Å². The molecule has 0 bridgehead atoms. The second kappa shape index (κ2) is 9.02. The first-order valence-electron chi connectivity index (χ1n) is 12.2. The van der Waals surface area contributed by atoms with Crippen LogP contribution in [0.1, 0.15) is 28.2 Å². The van der Waals surface area contributed by atoms with Gasteiger partial charge in [-0.05, 0) is 63.7 Å². The van der Waals surface area contributed by atoms with Crippen molar-refractivity contribution in [2.75, 3.05) is 0 Å². The van der Waals surface area contributed by atoms with E-state index in [-0.39, 0.29) is 11.4 Å². The number of carbonyl (C=O) groups is 1. The van der Waals surface area contributed by atoms with Crippen molar-refractivity contribution in [2.24, 2.45) is 0 Å². The Morgan fingerprint density at radius 1 is 0.757 bits per heavy atom. The molecular formula is C32H25NO3S. The number of amides is 1. The average Bonchev–Trinajstić information content (AvgIpc) is 2.93. The Hall–Kier alpha value is -4.22. The van der Waals surface area contributed by atoms with E-state index in [2.05, 4.69) is 6.07 Å².